The zero-order chi connectivity index (χ0) is 17.8. The van der Waals surface area contributed by atoms with Crippen LogP contribution in [0, 0.1) is 5.41 Å². The van der Waals surface area contributed by atoms with Gasteiger partial charge in [-0.15, -0.1) is 0 Å². The van der Waals surface area contributed by atoms with E-state index in [1.807, 2.05) is 0 Å². The van der Waals surface area contributed by atoms with Gasteiger partial charge in [-0.1, -0.05) is 57.6 Å². The summed E-state index contributed by atoms with van der Waals surface area (Å²) in [4.78, 5) is 0. The summed E-state index contributed by atoms with van der Waals surface area (Å²) in [7, 11) is -5.70. The fourth-order valence-corrected chi connectivity index (χ4v) is 9.52. The van der Waals surface area contributed by atoms with Crippen molar-refractivity contribution in [3.8, 4) is 0 Å². The molecule has 1 aromatic carbocycles. The average molecular weight is 373 g/mol. The maximum absolute atomic E-state index is 13.0. The van der Waals surface area contributed by atoms with Crippen molar-refractivity contribution in [2.24, 2.45) is 0 Å². The summed E-state index contributed by atoms with van der Waals surface area (Å²) < 4.78 is 26.6. The van der Waals surface area contributed by atoms with Gasteiger partial charge in [0.15, 0.2) is 0 Å². The highest BCUT2D eigenvalue weighted by atomic mass is 35.5. The number of hydrogen-bond donors (Lipinski definition) is 1. The lowest BCUT2D eigenvalue weighted by molar-refractivity contribution is 0.407. The highest BCUT2D eigenvalue weighted by Gasteiger charge is 2.64. The first-order chi connectivity index (χ1) is 10.2. The Morgan fingerprint density at radius 1 is 1.26 bits per heavy atom. The van der Waals surface area contributed by atoms with E-state index in [4.69, 9.17) is 17.0 Å². The third-order valence-electron chi connectivity index (χ3n) is 5.43. The van der Waals surface area contributed by atoms with Crippen LogP contribution in [0.3, 0.4) is 0 Å². The normalized spacial score (nSPS) is 25.0. The molecular formula is C16H25ClN2O2SSi. The number of halogens is 1. The van der Waals surface area contributed by atoms with Crippen LogP contribution in [0.5, 0.6) is 0 Å². The van der Waals surface area contributed by atoms with E-state index < -0.39 is 23.0 Å². The Kier molecular flexibility index (Phi) is 4.38. The molecule has 1 aromatic rings. The third-order valence-corrected chi connectivity index (χ3v) is 15.0. The zero-order valence-corrected chi connectivity index (χ0v) is 17.1. The second-order valence-corrected chi connectivity index (χ2v) is 16.1. The highest BCUT2D eigenvalue weighted by Crippen LogP contribution is 2.48. The van der Waals surface area contributed by atoms with Crippen LogP contribution in [-0.2, 0) is 10.0 Å². The quantitative estimate of drug-likeness (QED) is 0.640. The molecule has 0 bridgehead atoms. The summed E-state index contributed by atoms with van der Waals surface area (Å²) in [6.07, 6.45) is 0. The van der Waals surface area contributed by atoms with Crippen LogP contribution in [-0.4, -0.2) is 37.6 Å². The molecule has 0 radical (unpaired) electrons. The monoisotopic (exact) mass is 372 g/mol. The van der Waals surface area contributed by atoms with Gasteiger partial charge in [-0.3, -0.25) is 0 Å². The molecule has 1 fully saturated rings. The molecule has 2 rings (SSSR count). The topological polar surface area (TPSA) is 61.2 Å². The lowest BCUT2D eigenvalue weighted by Crippen LogP contribution is -2.76. The van der Waals surface area contributed by atoms with Crippen LogP contribution >= 0.6 is 11.6 Å². The first kappa shape index (κ1) is 18.6. The molecule has 1 N–H and O–H groups in total. The van der Waals surface area contributed by atoms with Crippen LogP contribution in [0.15, 0.2) is 24.3 Å². The number of rotatable bonds is 3. The number of sulfonamides is 1. The number of benzene rings is 1. The van der Waals surface area contributed by atoms with Crippen molar-refractivity contribution in [2.75, 3.05) is 6.54 Å². The summed E-state index contributed by atoms with van der Waals surface area (Å²) in [6, 6.07) is 6.79. The fourth-order valence-electron chi connectivity index (χ4n) is 2.62. The molecule has 23 heavy (non-hydrogen) atoms. The second-order valence-electron chi connectivity index (χ2n) is 7.93. The Morgan fingerprint density at radius 2 is 1.74 bits per heavy atom. The fraction of sp³-hybridized carbons (Fsp3) is 0.562. The van der Waals surface area contributed by atoms with Crippen molar-refractivity contribution in [1.29, 1.82) is 5.41 Å². The lowest BCUT2D eigenvalue weighted by atomic mass is 9.97. The molecule has 0 amide bonds. The molecule has 4 nitrogen and oxygen atoms in total. The second kappa shape index (κ2) is 5.41. The molecule has 0 aromatic heterocycles. The molecule has 1 aliphatic heterocycles. The molecule has 1 saturated heterocycles. The standard InChI is InChI=1S/C16H25ClN2O2SSi/c1-15(2,3)23(5,6)19-11-16(4,22(19,20)21)14(18)12-7-9-13(17)10-8-12/h7-10,18H,11H2,1-6H3. The van der Waals surface area contributed by atoms with Gasteiger partial charge < -0.3 is 5.41 Å². The highest BCUT2D eigenvalue weighted by molar-refractivity contribution is 7.94. The first-order valence-corrected chi connectivity index (χ1v) is 12.4. The first-order valence-electron chi connectivity index (χ1n) is 7.62. The Morgan fingerprint density at radius 3 is 2.13 bits per heavy atom. The van der Waals surface area contributed by atoms with Crippen LogP contribution < -0.4 is 0 Å². The predicted molar refractivity (Wildman–Crippen MR) is 99.5 cm³/mol. The van der Waals surface area contributed by atoms with Gasteiger partial charge in [-0.05, 0) is 29.7 Å². The van der Waals surface area contributed by atoms with Gasteiger partial charge in [0.05, 0.1) is 5.71 Å². The minimum Gasteiger partial charge on any atom is -0.303 e. The molecule has 128 valence electrons. The molecule has 0 aliphatic carbocycles. The van der Waals surface area contributed by atoms with Crippen molar-refractivity contribution < 1.29 is 8.42 Å². The van der Waals surface area contributed by atoms with Crippen molar-refractivity contribution in [3.05, 3.63) is 34.9 Å². The predicted octanol–water partition coefficient (Wildman–Crippen LogP) is 4.12. The van der Waals surface area contributed by atoms with E-state index in [-0.39, 0.29) is 10.7 Å². The summed E-state index contributed by atoms with van der Waals surface area (Å²) in [5.41, 5.74) is 0.750. The molecule has 7 heteroatoms. The van der Waals surface area contributed by atoms with E-state index in [2.05, 4.69) is 33.9 Å². The lowest BCUT2D eigenvalue weighted by Gasteiger charge is -2.56. The van der Waals surface area contributed by atoms with Crippen LogP contribution in [0.2, 0.25) is 23.2 Å². The van der Waals surface area contributed by atoms with E-state index in [9.17, 15) is 8.42 Å². The minimum atomic E-state index is -3.52. The number of hydrogen-bond acceptors (Lipinski definition) is 3. The van der Waals surface area contributed by atoms with Gasteiger partial charge >= 0.3 is 0 Å². The van der Waals surface area contributed by atoms with Gasteiger partial charge in [0.1, 0.15) is 13.0 Å². The third kappa shape index (κ3) is 2.69. The summed E-state index contributed by atoms with van der Waals surface area (Å²) in [5.74, 6) is 0. The van der Waals surface area contributed by atoms with Gasteiger partial charge in [0.2, 0.25) is 10.0 Å². The summed E-state index contributed by atoms with van der Waals surface area (Å²) >= 11 is 5.88. The molecule has 1 aliphatic rings. The largest absolute Gasteiger partial charge is 0.303 e. The van der Waals surface area contributed by atoms with Gasteiger partial charge in [-0.25, -0.2) is 12.4 Å². The maximum Gasteiger partial charge on any atom is 0.220 e. The molecule has 0 saturated carbocycles. The van der Waals surface area contributed by atoms with E-state index in [1.165, 1.54) is 0 Å². The summed E-state index contributed by atoms with van der Waals surface area (Å²) in [5, 5.41) is 8.94. The Labute approximate surface area is 145 Å². The molecule has 1 heterocycles. The van der Waals surface area contributed by atoms with Crippen LogP contribution in [0.1, 0.15) is 33.3 Å². The zero-order valence-electron chi connectivity index (χ0n) is 14.6. The maximum atomic E-state index is 13.0. The molecule has 1 atom stereocenters. The van der Waals surface area contributed by atoms with Gasteiger partial charge in [-0.2, -0.15) is 0 Å². The van der Waals surface area contributed by atoms with Crippen LogP contribution in [0.4, 0.5) is 0 Å². The average Bonchev–Trinajstić information content (AvgIpc) is 2.43. The Balaban J connectivity index is 2.37. The van der Waals surface area contributed by atoms with Crippen LogP contribution in [0.25, 0.3) is 0 Å². The number of nitrogens with one attached hydrogen (secondary N) is 1. The van der Waals surface area contributed by atoms with E-state index in [0.29, 0.717) is 17.1 Å². The van der Waals surface area contributed by atoms with Gasteiger partial charge in [0, 0.05) is 11.6 Å². The summed E-state index contributed by atoms with van der Waals surface area (Å²) in [6.45, 7) is 12.5. The van der Waals surface area contributed by atoms with Crippen molar-refractivity contribution in [3.63, 3.8) is 0 Å². The molecule has 1 unspecified atom stereocenters. The van der Waals surface area contributed by atoms with Crippen molar-refractivity contribution in [2.45, 2.75) is 50.6 Å². The smallest absolute Gasteiger partial charge is 0.220 e. The van der Waals surface area contributed by atoms with Crippen molar-refractivity contribution in [1.82, 2.24) is 3.97 Å². The van der Waals surface area contributed by atoms with E-state index in [0.717, 1.165) is 0 Å². The minimum absolute atomic E-state index is 0.0656. The Bertz CT molecular complexity index is 738. The molecule has 0 spiro atoms. The van der Waals surface area contributed by atoms with E-state index in [1.54, 1.807) is 35.2 Å². The number of nitrogens with zero attached hydrogens (tertiary/aromatic N) is 1. The SMILES string of the molecule is CC(C)(C)[Si](C)(C)N1CC(C)(C(=N)c2ccc(Cl)cc2)S1(=O)=O. The molecular weight excluding hydrogens is 348 g/mol. The van der Waals surface area contributed by atoms with Crippen molar-refractivity contribution >= 4 is 35.6 Å². The van der Waals surface area contributed by atoms with Gasteiger partial charge in [0.25, 0.3) is 0 Å². The van der Waals surface area contributed by atoms with E-state index >= 15 is 0 Å². The Hall–Kier alpha value is -0.693.